The van der Waals surface area contributed by atoms with Crippen molar-refractivity contribution in [1.29, 1.82) is 0 Å². The Morgan fingerprint density at radius 3 is 2.67 bits per heavy atom. The average Bonchev–Trinajstić information content (AvgIpc) is 3.22. The minimum Gasteiger partial charge on any atom is -0.379 e. The lowest BCUT2D eigenvalue weighted by molar-refractivity contribution is -0.132. The van der Waals surface area contributed by atoms with Gasteiger partial charge in [0, 0.05) is 50.9 Å². The number of imidazole rings is 1. The van der Waals surface area contributed by atoms with E-state index in [1.54, 1.807) is 6.20 Å². The van der Waals surface area contributed by atoms with Crippen LogP contribution >= 0.6 is 0 Å². The van der Waals surface area contributed by atoms with E-state index in [1.165, 1.54) is 0 Å². The molecule has 2 aliphatic rings. The molecule has 2 fully saturated rings. The van der Waals surface area contributed by atoms with Crippen molar-refractivity contribution >= 4 is 11.9 Å². The number of carbonyl (C=O) groups is 1. The van der Waals surface area contributed by atoms with Crippen molar-refractivity contribution in [1.82, 2.24) is 29.3 Å². The minimum absolute atomic E-state index is 0.273. The lowest BCUT2D eigenvalue weighted by Gasteiger charge is -2.33. The van der Waals surface area contributed by atoms with Gasteiger partial charge in [0.2, 0.25) is 11.9 Å². The molecule has 9 nitrogen and oxygen atoms in total. The minimum atomic E-state index is 0.273. The zero-order valence-electron chi connectivity index (χ0n) is 20.2. The van der Waals surface area contributed by atoms with E-state index in [0.717, 1.165) is 82.4 Å². The number of likely N-dealkylation sites (tertiary alicyclic amines) is 1. The van der Waals surface area contributed by atoms with Crippen LogP contribution in [0.5, 0.6) is 0 Å². The monoisotopic (exact) mass is 455 g/mol. The maximum Gasteiger partial charge on any atom is 0.223 e. The summed E-state index contributed by atoms with van der Waals surface area (Å²) in [4.78, 5) is 30.7. The van der Waals surface area contributed by atoms with Gasteiger partial charge in [0.15, 0.2) is 0 Å². The molecule has 2 aliphatic heterocycles. The molecule has 0 saturated carbocycles. The van der Waals surface area contributed by atoms with Crippen LogP contribution in [0.1, 0.15) is 51.4 Å². The number of ether oxygens (including phenoxy) is 1. The van der Waals surface area contributed by atoms with Gasteiger partial charge < -0.3 is 19.5 Å². The molecule has 0 spiro atoms. The Labute approximate surface area is 196 Å². The van der Waals surface area contributed by atoms with Gasteiger partial charge in [-0.1, -0.05) is 0 Å². The van der Waals surface area contributed by atoms with E-state index in [4.69, 9.17) is 9.72 Å². The predicted molar refractivity (Wildman–Crippen MR) is 128 cm³/mol. The lowest BCUT2D eigenvalue weighted by Crippen LogP contribution is -2.43. The largest absolute Gasteiger partial charge is 0.379 e. The SMILES string of the molecule is Cc1ncc(-c2ccnc(NC3CCN(C(=O)CCCN4CCOCC4)CC3)n2)n1C(C)C. The molecule has 0 bridgehead atoms. The highest BCUT2D eigenvalue weighted by atomic mass is 16.5. The summed E-state index contributed by atoms with van der Waals surface area (Å²) in [5.41, 5.74) is 1.88. The molecule has 2 saturated heterocycles. The first kappa shape index (κ1) is 23.6. The van der Waals surface area contributed by atoms with Crippen molar-refractivity contribution in [3.63, 3.8) is 0 Å². The van der Waals surface area contributed by atoms with Crippen LogP contribution < -0.4 is 5.32 Å². The summed E-state index contributed by atoms with van der Waals surface area (Å²) in [7, 11) is 0. The molecule has 1 N–H and O–H groups in total. The van der Waals surface area contributed by atoms with Crippen molar-refractivity contribution in [3.8, 4) is 11.4 Å². The van der Waals surface area contributed by atoms with Crippen LogP contribution in [0.4, 0.5) is 5.95 Å². The number of aromatic nitrogens is 4. The topological polar surface area (TPSA) is 88.4 Å². The number of carbonyl (C=O) groups excluding carboxylic acids is 1. The van der Waals surface area contributed by atoms with Gasteiger partial charge in [0.05, 0.1) is 30.8 Å². The number of nitrogens with zero attached hydrogens (tertiary/aromatic N) is 6. The molecule has 0 aromatic carbocycles. The Hall–Kier alpha value is -2.52. The Morgan fingerprint density at radius 2 is 1.94 bits per heavy atom. The van der Waals surface area contributed by atoms with Crippen molar-refractivity contribution in [2.75, 3.05) is 51.3 Å². The smallest absolute Gasteiger partial charge is 0.223 e. The van der Waals surface area contributed by atoms with Gasteiger partial charge in [-0.3, -0.25) is 9.69 Å². The number of amides is 1. The number of nitrogens with one attached hydrogen (secondary N) is 1. The third kappa shape index (κ3) is 6.09. The second kappa shape index (κ2) is 11.1. The summed E-state index contributed by atoms with van der Waals surface area (Å²) in [6, 6.07) is 2.51. The molecule has 4 heterocycles. The fourth-order valence-electron chi connectivity index (χ4n) is 4.76. The maximum atomic E-state index is 12.6. The van der Waals surface area contributed by atoms with E-state index >= 15 is 0 Å². The molecule has 180 valence electrons. The number of piperidine rings is 1. The third-order valence-corrected chi connectivity index (χ3v) is 6.57. The van der Waals surface area contributed by atoms with Gasteiger partial charge in [0.1, 0.15) is 5.82 Å². The van der Waals surface area contributed by atoms with Crippen molar-refractivity contribution in [2.45, 2.75) is 58.5 Å². The van der Waals surface area contributed by atoms with E-state index < -0.39 is 0 Å². The standard InChI is InChI=1S/C24H37N7O2/c1-18(2)31-19(3)26-17-22(31)21-6-9-25-24(28-21)27-20-7-11-30(12-8-20)23(32)5-4-10-29-13-15-33-16-14-29/h6,9,17-18,20H,4-5,7-8,10-16H2,1-3H3,(H,25,27,28). The van der Waals surface area contributed by atoms with E-state index in [-0.39, 0.29) is 11.9 Å². The molecule has 2 aromatic rings. The van der Waals surface area contributed by atoms with Crippen molar-refractivity contribution in [2.24, 2.45) is 0 Å². The Balaban J connectivity index is 1.25. The average molecular weight is 456 g/mol. The molecule has 33 heavy (non-hydrogen) atoms. The summed E-state index contributed by atoms with van der Waals surface area (Å²) < 4.78 is 7.57. The summed E-state index contributed by atoms with van der Waals surface area (Å²) in [6.45, 7) is 12.4. The number of aryl methyl sites for hydroxylation is 1. The molecule has 0 radical (unpaired) electrons. The van der Waals surface area contributed by atoms with Gasteiger partial charge in [0.25, 0.3) is 0 Å². The third-order valence-electron chi connectivity index (χ3n) is 6.57. The van der Waals surface area contributed by atoms with E-state index in [2.05, 4.69) is 38.6 Å². The van der Waals surface area contributed by atoms with Crippen molar-refractivity contribution < 1.29 is 9.53 Å². The van der Waals surface area contributed by atoms with Crippen LogP contribution in [-0.2, 0) is 9.53 Å². The van der Waals surface area contributed by atoms with Crippen LogP contribution in [0.2, 0.25) is 0 Å². The molecular formula is C24H37N7O2. The fourth-order valence-corrected chi connectivity index (χ4v) is 4.76. The second-order valence-electron chi connectivity index (χ2n) is 9.28. The quantitative estimate of drug-likeness (QED) is 0.655. The predicted octanol–water partition coefficient (Wildman–Crippen LogP) is 2.74. The Bertz CT molecular complexity index is 915. The van der Waals surface area contributed by atoms with Gasteiger partial charge in [-0.25, -0.2) is 15.0 Å². The Kier molecular flexibility index (Phi) is 7.93. The molecule has 0 unspecified atom stereocenters. The summed E-state index contributed by atoms with van der Waals surface area (Å²) >= 11 is 0. The number of anilines is 1. The first-order chi connectivity index (χ1) is 16.0. The fraction of sp³-hybridized carbons (Fsp3) is 0.667. The zero-order valence-corrected chi connectivity index (χ0v) is 20.2. The Morgan fingerprint density at radius 1 is 1.18 bits per heavy atom. The summed E-state index contributed by atoms with van der Waals surface area (Å²) in [5, 5.41) is 3.48. The highest BCUT2D eigenvalue weighted by molar-refractivity contribution is 5.76. The van der Waals surface area contributed by atoms with E-state index in [1.807, 2.05) is 24.1 Å². The van der Waals surface area contributed by atoms with Crippen LogP contribution in [0.15, 0.2) is 18.5 Å². The molecule has 0 aliphatic carbocycles. The second-order valence-corrected chi connectivity index (χ2v) is 9.28. The summed E-state index contributed by atoms with van der Waals surface area (Å²) in [5.74, 6) is 1.89. The first-order valence-corrected chi connectivity index (χ1v) is 12.2. The van der Waals surface area contributed by atoms with Crippen LogP contribution in [-0.4, -0.2) is 87.2 Å². The van der Waals surface area contributed by atoms with Crippen LogP contribution in [0.25, 0.3) is 11.4 Å². The van der Waals surface area contributed by atoms with Gasteiger partial charge in [-0.15, -0.1) is 0 Å². The zero-order chi connectivity index (χ0) is 23.2. The van der Waals surface area contributed by atoms with Crippen LogP contribution in [0.3, 0.4) is 0 Å². The lowest BCUT2D eigenvalue weighted by atomic mass is 10.0. The highest BCUT2D eigenvalue weighted by Crippen LogP contribution is 2.24. The van der Waals surface area contributed by atoms with E-state index in [9.17, 15) is 4.79 Å². The molecule has 1 amide bonds. The van der Waals surface area contributed by atoms with Gasteiger partial charge in [-0.05, 0) is 52.6 Å². The molecule has 2 aromatic heterocycles. The first-order valence-electron chi connectivity index (χ1n) is 12.2. The number of morpholine rings is 1. The maximum absolute atomic E-state index is 12.6. The normalized spacial score (nSPS) is 18.1. The molecule has 9 heteroatoms. The molecule has 0 atom stereocenters. The van der Waals surface area contributed by atoms with E-state index in [0.29, 0.717) is 18.4 Å². The van der Waals surface area contributed by atoms with Gasteiger partial charge >= 0.3 is 0 Å². The molecule has 4 rings (SSSR count). The van der Waals surface area contributed by atoms with Gasteiger partial charge in [-0.2, -0.15) is 0 Å². The van der Waals surface area contributed by atoms with Crippen LogP contribution in [0, 0.1) is 6.92 Å². The molecular weight excluding hydrogens is 418 g/mol. The number of hydrogen-bond acceptors (Lipinski definition) is 7. The number of hydrogen-bond donors (Lipinski definition) is 1. The number of rotatable bonds is 8. The summed E-state index contributed by atoms with van der Waals surface area (Å²) in [6.07, 6.45) is 7.04. The highest BCUT2D eigenvalue weighted by Gasteiger charge is 2.23. The van der Waals surface area contributed by atoms with Crippen molar-refractivity contribution in [3.05, 3.63) is 24.3 Å².